The maximum absolute atomic E-state index is 5.27. The molecular formula is C12H18N2O4S2. The van der Waals surface area contributed by atoms with E-state index in [0.29, 0.717) is 52.7 Å². The van der Waals surface area contributed by atoms with Crippen molar-refractivity contribution < 1.29 is 18.9 Å². The summed E-state index contributed by atoms with van der Waals surface area (Å²) in [6.45, 7) is 5.11. The van der Waals surface area contributed by atoms with E-state index in [-0.39, 0.29) is 12.2 Å². The molecule has 2 saturated heterocycles. The summed E-state index contributed by atoms with van der Waals surface area (Å²) in [6, 6.07) is 0. The van der Waals surface area contributed by atoms with Crippen molar-refractivity contribution >= 4 is 34.8 Å². The Hall–Kier alpha value is -0.560. The van der Waals surface area contributed by atoms with Gasteiger partial charge >= 0.3 is 0 Å². The summed E-state index contributed by atoms with van der Waals surface area (Å²) in [5, 5.41) is 4.58. The normalized spacial score (nSPS) is 25.4. The monoisotopic (exact) mass is 318 g/mol. The molecule has 0 saturated carbocycles. The van der Waals surface area contributed by atoms with E-state index in [2.05, 4.69) is 44.7 Å². The Morgan fingerprint density at radius 2 is 1.25 bits per heavy atom. The molecule has 2 fully saturated rings. The fraction of sp³-hybridized carbons (Fsp3) is 0.833. The Morgan fingerprint density at radius 3 is 1.55 bits per heavy atom. The zero-order chi connectivity index (χ0) is 14.5. The van der Waals surface area contributed by atoms with Gasteiger partial charge in [-0.2, -0.15) is 0 Å². The van der Waals surface area contributed by atoms with Gasteiger partial charge in [-0.25, -0.2) is 9.98 Å². The molecule has 0 spiro atoms. The van der Waals surface area contributed by atoms with E-state index in [4.69, 9.17) is 18.9 Å². The second-order valence-electron chi connectivity index (χ2n) is 4.00. The molecule has 8 heteroatoms. The van der Waals surface area contributed by atoms with Gasteiger partial charge in [0.1, 0.15) is 12.2 Å². The molecule has 0 radical (unpaired) electrons. The standard InChI is InChI=1S/2C6H9NO2S/c2*10-5-7-3-6-4-8-1-2-9-6/h2*6H,1-4H2/t2*6-/m10/s1. The smallest absolute Gasteiger partial charge is 0.101 e. The van der Waals surface area contributed by atoms with Gasteiger partial charge < -0.3 is 18.9 Å². The summed E-state index contributed by atoms with van der Waals surface area (Å²) in [5.74, 6) is 0. The van der Waals surface area contributed by atoms with Gasteiger partial charge in [0.25, 0.3) is 0 Å². The zero-order valence-electron chi connectivity index (χ0n) is 11.2. The van der Waals surface area contributed by atoms with Crippen LogP contribution in [0.15, 0.2) is 9.98 Å². The SMILES string of the molecule is S=C=NC[C@@H]1COCCO1.S=C=NC[C@H]1COCCO1. The maximum Gasteiger partial charge on any atom is 0.101 e. The van der Waals surface area contributed by atoms with Crippen molar-refractivity contribution in [2.24, 2.45) is 9.98 Å². The van der Waals surface area contributed by atoms with Crippen LogP contribution in [-0.4, -0.2) is 75.3 Å². The number of aliphatic imine (C=N–C) groups is 2. The molecule has 2 rings (SSSR count). The molecule has 0 unspecified atom stereocenters. The number of thiocarbonyl (C=S) groups is 2. The Morgan fingerprint density at radius 1 is 0.800 bits per heavy atom. The summed E-state index contributed by atoms with van der Waals surface area (Å²) in [7, 11) is 0. The summed E-state index contributed by atoms with van der Waals surface area (Å²) < 4.78 is 20.8. The number of isothiocyanates is 2. The van der Waals surface area contributed by atoms with Gasteiger partial charge in [-0.1, -0.05) is 0 Å². The van der Waals surface area contributed by atoms with Crippen molar-refractivity contribution in [2.45, 2.75) is 12.2 Å². The van der Waals surface area contributed by atoms with Crippen LogP contribution in [0.4, 0.5) is 0 Å². The van der Waals surface area contributed by atoms with E-state index >= 15 is 0 Å². The number of nitrogens with zero attached hydrogens (tertiary/aromatic N) is 2. The third-order valence-corrected chi connectivity index (χ3v) is 2.75. The zero-order valence-corrected chi connectivity index (χ0v) is 12.8. The minimum atomic E-state index is 0.0872. The van der Waals surface area contributed by atoms with Gasteiger partial charge in [-0.05, 0) is 24.4 Å². The van der Waals surface area contributed by atoms with Gasteiger partial charge in [0, 0.05) is 0 Å². The third-order valence-electron chi connectivity index (χ3n) is 2.49. The van der Waals surface area contributed by atoms with Crippen LogP contribution >= 0.6 is 24.4 Å². The molecule has 2 aliphatic rings. The van der Waals surface area contributed by atoms with Gasteiger partial charge in [-0.3, -0.25) is 0 Å². The lowest BCUT2D eigenvalue weighted by Gasteiger charge is -2.20. The first-order chi connectivity index (χ1) is 9.86. The number of rotatable bonds is 4. The first kappa shape index (κ1) is 17.5. The Kier molecular flexibility index (Phi) is 10.7. The van der Waals surface area contributed by atoms with Crippen molar-refractivity contribution in [1.29, 1.82) is 0 Å². The van der Waals surface area contributed by atoms with Gasteiger partial charge in [-0.15, -0.1) is 0 Å². The fourth-order valence-electron chi connectivity index (χ4n) is 1.56. The minimum Gasteiger partial charge on any atom is -0.376 e. The predicted octanol–water partition coefficient (Wildman–Crippen LogP) is 1.01. The molecule has 0 aliphatic carbocycles. The highest BCUT2D eigenvalue weighted by atomic mass is 32.1. The maximum atomic E-state index is 5.27. The number of hydrogen-bond acceptors (Lipinski definition) is 8. The molecule has 0 amide bonds. The average Bonchev–Trinajstić information content (AvgIpc) is 2.53. The quantitative estimate of drug-likeness (QED) is 0.569. The molecule has 0 bridgehead atoms. The summed E-state index contributed by atoms with van der Waals surface area (Å²) in [4.78, 5) is 7.51. The Labute approximate surface area is 129 Å². The van der Waals surface area contributed by atoms with Crippen molar-refractivity contribution in [2.75, 3.05) is 52.7 Å². The topological polar surface area (TPSA) is 61.6 Å². The minimum absolute atomic E-state index is 0.0872. The molecule has 112 valence electrons. The first-order valence-electron chi connectivity index (χ1n) is 6.32. The molecule has 6 nitrogen and oxygen atoms in total. The molecule has 0 aromatic rings. The van der Waals surface area contributed by atoms with Crippen LogP contribution < -0.4 is 0 Å². The van der Waals surface area contributed by atoms with Crippen LogP contribution in [0.1, 0.15) is 0 Å². The van der Waals surface area contributed by atoms with E-state index in [1.54, 1.807) is 0 Å². The van der Waals surface area contributed by atoms with Crippen molar-refractivity contribution in [3.63, 3.8) is 0 Å². The molecule has 0 aromatic carbocycles. The molecule has 0 aromatic heterocycles. The van der Waals surface area contributed by atoms with Crippen LogP contribution in [0.25, 0.3) is 0 Å². The summed E-state index contributed by atoms with van der Waals surface area (Å²) >= 11 is 8.81. The molecular weight excluding hydrogens is 300 g/mol. The van der Waals surface area contributed by atoms with E-state index < -0.39 is 0 Å². The van der Waals surface area contributed by atoms with Crippen LogP contribution in [0.3, 0.4) is 0 Å². The first-order valence-corrected chi connectivity index (χ1v) is 7.14. The molecule has 2 aliphatic heterocycles. The van der Waals surface area contributed by atoms with Gasteiger partial charge in [0.2, 0.25) is 0 Å². The molecule has 2 heterocycles. The molecule has 2 atom stereocenters. The van der Waals surface area contributed by atoms with E-state index in [1.807, 2.05) is 0 Å². The van der Waals surface area contributed by atoms with Crippen LogP contribution in [0.5, 0.6) is 0 Å². The van der Waals surface area contributed by atoms with Crippen molar-refractivity contribution in [3.8, 4) is 0 Å². The Balaban J connectivity index is 0.000000200. The van der Waals surface area contributed by atoms with Gasteiger partial charge in [0.05, 0.1) is 63.1 Å². The lowest BCUT2D eigenvalue weighted by molar-refractivity contribution is -0.0832. The second-order valence-corrected chi connectivity index (χ2v) is 4.36. The largest absolute Gasteiger partial charge is 0.376 e. The highest BCUT2D eigenvalue weighted by molar-refractivity contribution is 7.78. The summed E-state index contributed by atoms with van der Waals surface area (Å²) in [6.07, 6.45) is 0.174. The lowest BCUT2D eigenvalue weighted by Crippen LogP contribution is -2.30. The number of ether oxygens (including phenoxy) is 4. The molecule has 0 N–H and O–H groups in total. The van der Waals surface area contributed by atoms with Crippen LogP contribution in [0.2, 0.25) is 0 Å². The van der Waals surface area contributed by atoms with E-state index in [1.165, 1.54) is 0 Å². The van der Waals surface area contributed by atoms with E-state index in [0.717, 1.165) is 0 Å². The van der Waals surface area contributed by atoms with Crippen LogP contribution in [-0.2, 0) is 18.9 Å². The highest BCUT2D eigenvalue weighted by Gasteiger charge is 2.13. The summed E-state index contributed by atoms with van der Waals surface area (Å²) in [5.41, 5.74) is 0. The predicted molar refractivity (Wildman–Crippen MR) is 80.9 cm³/mol. The average molecular weight is 318 g/mol. The van der Waals surface area contributed by atoms with Crippen LogP contribution in [0, 0.1) is 0 Å². The lowest BCUT2D eigenvalue weighted by atomic mass is 10.3. The van der Waals surface area contributed by atoms with Crippen molar-refractivity contribution in [3.05, 3.63) is 0 Å². The molecule has 20 heavy (non-hydrogen) atoms. The third kappa shape index (κ3) is 8.58. The fourth-order valence-corrected chi connectivity index (χ4v) is 1.71. The number of hydrogen-bond donors (Lipinski definition) is 0. The van der Waals surface area contributed by atoms with E-state index in [9.17, 15) is 0 Å². The van der Waals surface area contributed by atoms with Gasteiger partial charge in [0.15, 0.2) is 0 Å². The Bertz CT molecular complexity index is 311. The second kappa shape index (κ2) is 12.2. The van der Waals surface area contributed by atoms with Crippen molar-refractivity contribution in [1.82, 2.24) is 0 Å². The highest BCUT2D eigenvalue weighted by Crippen LogP contribution is 2.00.